The van der Waals surface area contributed by atoms with Crippen molar-refractivity contribution >= 4 is 5.97 Å². The minimum absolute atomic E-state index is 0.0729. The van der Waals surface area contributed by atoms with Crippen LogP contribution in [0.2, 0.25) is 0 Å². The molecular weight excluding hydrogens is 208 g/mol. The summed E-state index contributed by atoms with van der Waals surface area (Å²) in [4.78, 5) is 10.7. The van der Waals surface area contributed by atoms with E-state index in [-0.39, 0.29) is 12.3 Å². The van der Waals surface area contributed by atoms with Gasteiger partial charge in [-0.2, -0.15) is 0 Å². The Bertz CT molecular complexity index is 373. The van der Waals surface area contributed by atoms with E-state index in [2.05, 4.69) is 0 Å². The second kappa shape index (κ2) is 5.39. The predicted molar refractivity (Wildman–Crippen MR) is 60.2 cm³/mol. The van der Waals surface area contributed by atoms with Gasteiger partial charge in [-0.1, -0.05) is 6.92 Å². The van der Waals surface area contributed by atoms with Crippen LogP contribution < -0.4 is 9.47 Å². The number of aliphatic carboxylic acids is 1. The number of carboxylic acids is 1. The molecule has 0 saturated carbocycles. The maximum atomic E-state index is 10.7. The van der Waals surface area contributed by atoms with E-state index in [1.54, 1.807) is 26.4 Å². The standard InChI is InChI=1S/C12H16O4/c1-8(6-12(13)14)10-7-9(15-2)4-5-11(10)16-3/h4-5,7-8H,6H2,1-3H3,(H,13,14). The van der Waals surface area contributed by atoms with Gasteiger partial charge in [-0.25, -0.2) is 0 Å². The summed E-state index contributed by atoms with van der Waals surface area (Å²) in [5.41, 5.74) is 0.851. The minimum atomic E-state index is -0.822. The average Bonchev–Trinajstić information content (AvgIpc) is 2.27. The molecule has 88 valence electrons. The predicted octanol–water partition coefficient (Wildman–Crippen LogP) is 2.28. The molecule has 0 aliphatic rings. The van der Waals surface area contributed by atoms with Crippen molar-refractivity contribution in [2.24, 2.45) is 0 Å². The van der Waals surface area contributed by atoms with Crippen molar-refractivity contribution in [3.05, 3.63) is 23.8 Å². The molecule has 0 aliphatic carbocycles. The molecule has 0 aromatic heterocycles. The Kier molecular flexibility index (Phi) is 4.17. The van der Waals surface area contributed by atoms with Gasteiger partial charge < -0.3 is 14.6 Å². The Morgan fingerprint density at radius 3 is 2.56 bits per heavy atom. The van der Waals surface area contributed by atoms with E-state index in [9.17, 15) is 4.79 Å². The van der Waals surface area contributed by atoms with Crippen LogP contribution in [0.4, 0.5) is 0 Å². The van der Waals surface area contributed by atoms with Gasteiger partial charge in [0.2, 0.25) is 0 Å². The number of methoxy groups -OCH3 is 2. The summed E-state index contributed by atoms with van der Waals surface area (Å²) in [5, 5.41) is 8.76. The lowest BCUT2D eigenvalue weighted by Gasteiger charge is -2.15. The zero-order valence-corrected chi connectivity index (χ0v) is 9.69. The number of ether oxygens (including phenoxy) is 2. The fourth-order valence-corrected chi connectivity index (χ4v) is 1.60. The lowest BCUT2D eigenvalue weighted by molar-refractivity contribution is -0.137. The van der Waals surface area contributed by atoms with E-state index in [0.29, 0.717) is 11.5 Å². The van der Waals surface area contributed by atoms with E-state index < -0.39 is 5.97 Å². The summed E-state index contributed by atoms with van der Waals surface area (Å²) < 4.78 is 10.3. The Labute approximate surface area is 94.8 Å². The number of hydrogen-bond acceptors (Lipinski definition) is 3. The van der Waals surface area contributed by atoms with Crippen molar-refractivity contribution in [2.75, 3.05) is 14.2 Å². The highest BCUT2D eigenvalue weighted by Crippen LogP contribution is 2.31. The molecule has 1 aromatic carbocycles. The normalized spacial score (nSPS) is 11.9. The number of rotatable bonds is 5. The Balaban J connectivity index is 3.02. The molecule has 0 saturated heterocycles. The van der Waals surface area contributed by atoms with Gasteiger partial charge in [0, 0.05) is 5.56 Å². The Hall–Kier alpha value is -1.71. The van der Waals surface area contributed by atoms with Gasteiger partial charge in [0.1, 0.15) is 11.5 Å². The second-order valence-electron chi connectivity index (χ2n) is 3.61. The van der Waals surface area contributed by atoms with Crippen LogP contribution in [0.5, 0.6) is 11.5 Å². The maximum Gasteiger partial charge on any atom is 0.303 e. The molecule has 0 spiro atoms. The van der Waals surface area contributed by atoms with Crippen molar-refractivity contribution in [1.29, 1.82) is 0 Å². The van der Waals surface area contributed by atoms with E-state index in [0.717, 1.165) is 5.56 Å². The maximum absolute atomic E-state index is 10.7. The van der Waals surface area contributed by atoms with Gasteiger partial charge in [0.15, 0.2) is 0 Å². The Morgan fingerprint density at radius 2 is 2.06 bits per heavy atom. The van der Waals surface area contributed by atoms with Gasteiger partial charge >= 0.3 is 5.97 Å². The van der Waals surface area contributed by atoms with Crippen LogP contribution in [0, 0.1) is 0 Å². The molecule has 1 unspecified atom stereocenters. The third-order valence-electron chi connectivity index (χ3n) is 2.45. The molecule has 0 aliphatic heterocycles. The quantitative estimate of drug-likeness (QED) is 0.833. The van der Waals surface area contributed by atoms with Gasteiger partial charge in [-0.3, -0.25) is 4.79 Å². The zero-order valence-electron chi connectivity index (χ0n) is 9.69. The lowest BCUT2D eigenvalue weighted by Crippen LogP contribution is -2.04. The van der Waals surface area contributed by atoms with Gasteiger partial charge in [-0.15, -0.1) is 0 Å². The van der Waals surface area contributed by atoms with E-state index in [4.69, 9.17) is 14.6 Å². The molecule has 4 heteroatoms. The molecule has 0 amide bonds. The molecule has 0 fully saturated rings. The molecular formula is C12H16O4. The summed E-state index contributed by atoms with van der Waals surface area (Å²) in [5.74, 6) is 0.461. The summed E-state index contributed by atoms with van der Waals surface area (Å²) in [6.07, 6.45) is 0.0729. The smallest absolute Gasteiger partial charge is 0.303 e. The Morgan fingerprint density at radius 1 is 1.38 bits per heavy atom. The highest BCUT2D eigenvalue weighted by molar-refractivity contribution is 5.68. The van der Waals surface area contributed by atoms with E-state index in [1.807, 2.05) is 13.0 Å². The highest BCUT2D eigenvalue weighted by Gasteiger charge is 2.15. The van der Waals surface area contributed by atoms with Crippen LogP contribution in [-0.2, 0) is 4.79 Å². The molecule has 0 heterocycles. The molecule has 1 N–H and O–H groups in total. The van der Waals surface area contributed by atoms with Crippen molar-refractivity contribution in [3.8, 4) is 11.5 Å². The third kappa shape index (κ3) is 2.89. The monoisotopic (exact) mass is 224 g/mol. The number of hydrogen-bond donors (Lipinski definition) is 1. The lowest BCUT2D eigenvalue weighted by atomic mass is 9.96. The SMILES string of the molecule is COc1ccc(OC)c(C(C)CC(=O)O)c1. The van der Waals surface area contributed by atoms with Crippen LogP contribution in [0.25, 0.3) is 0 Å². The number of carboxylic acid groups (broad SMARTS) is 1. The summed E-state index contributed by atoms with van der Waals surface area (Å²) in [7, 11) is 3.15. The average molecular weight is 224 g/mol. The van der Waals surface area contributed by atoms with E-state index >= 15 is 0 Å². The van der Waals surface area contributed by atoms with E-state index in [1.165, 1.54) is 0 Å². The highest BCUT2D eigenvalue weighted by atomic mass is 16.5. The van der Waals surface area contributed by atoms with Crippen LogP contribution in [0.1, 0.15) is 24.8 Å². The van der Waals surface area contributed by atoms with Gasteiger partial charge in [-0.05, 0) is 24.1 Å². The molecule has 1 rings (SSSR count). The van der Waals surface area contributed by atoms with Crippen LogP contribution in [0.3, 0.4) is 0 Å². The molecule has 1 aromatic rings. The van der Waals surface area contributed by atoms with Crippen molar-refractivity contribution in [3.63, 3.8) is 0 Å². The molecule has 1 atom stereocenters. The van der Waals surface area contributed by atoms with Crippen LogP contribution >= 0.6 is 0 Å². The number of benzene rings is 1. The first kappa shape index (κ1) is 12.4. The first-order valence-corrected chi connectivity index (χ1v) is 5.02. The zero-order chi connectivity index (χ0) is 12.1. The van der Waals surface area contributed by atoms with Crippen molar-refractivity contribution in [1.82, 2.24) is 0 Å². The molecule has 0 radical (unpaired) electrons. The fraction of sp³-hybridized carbons (Fsp3) is 0.417. The third-order valence-corrected chi connectivity index (χ3v) is 2.45. The topological polar surface area (TPSA) is 55.8 Å². The fourth-order valence-electron chi connectivity index (χ4n) is 1.60. The molecule has 0 bridgehead atoms. The summed E-state index contributed by atoms with van der Waals surface area (Å²) >= 11 is 0. The summed E-state index contributed by atoms with van der Waals surface area (Å²) in [6.45, 7) is 1.85. The largest absolute Gasteiger partial charge is 0.497 e. The van der Waals surface area contributed by atoms with Gasteiger partial charge in [0.05, 0.1) is 20.6 Å². The first-order chi connectivity index (χ1) is 7.58. The van der Waals surface area contributed by atoms with Crippen molar-refractivity contribution in [2.45, 2.75) is 19.3 Å². The van der Waals surface area contributed by atoms with Crippen molar-refractivity contribution < 1.29 is 19.4 Å². The van der Waals surface area contributed by atoms with Gasteiger partial charge in [0.25, 0.3) is 0 Å². The molecule has 4 nitrogen and oxygen atoms in total. The van der Waals surface area contributed by atoms with Crippen LogP contribution in [0.15, 0.2) is 18.2 Å². The molecule has 16 heavy (non-hydrogen) atoms. The number of carbonyl (C=O) groups is 1. The summed E-state index contributed by atoms with van der Waals surface area (Å²) in [6, 6.07) is 5.38. The minimum Gasteiger partial charge on any atom is -0.497 e. The second-order valence-corrected chi connectivity index (χ2v) is 3.61. The van der Waals surface area contributed by atoms with Crippen LogP contribution in [-0.4, -0.2) is 25.3 Å². The first-order valence-electron chi connectivity index (χ1n) is 5.02.